The molecule has 2 aromatic carbocycles. The number of benzene rings is 2. The molecule has 0 aliphatic heterocycles. The fourth-order valence-electron chi connectivity index (χ4n) is 4.42. The van der Waals surface area contributed by atoms with Crippen LogP contribution in [0.2, 0.25) is 5.02 Å². The highest BCUT2D eigenvalue weighted by Crippen LogP contribution is 2.37. The number of nitrogens with zero attached hydrogens (tertiary/aromatic N) is 2. The number of carbonyl (C=O) groups is 1. The summed E-state index contributed by atoms with van der Waals surface area (Å²) in [6.45, 7) is 0. The van der Waals surface area contributed by atoms with Crippen LogP contribution in [0.1, 0.15) is 35.8 Å². The number of pyridine rings is 1. The van der Waals surface area contributed by atoms with Gasteiger partial charge in [0.1, 0.15) is 5.82 Å². The summed E-state index contributed by atoms with van der Waals surface area (Å²) in [5.74, 6) is 0.999. The maximum absolute atomic E-state index is 11.4. The van der Waals surface area contributed by atoms with E-state index in [2.05, 4.69) is 26.1 Å². The van der Waals surface area contributed by atoms with Crippen LogP contribution in [-0.2, 0) is 11.2 Å². The van der Waals surface area contributed by atoms with Crippen molar-refractivity contribution in [3.63, 3.8) is 0 Å². The number of rotatable bonds is 4. The minimum atomic E-state index is -0.499. The molecular weight excluding hydrogens is 450 g/mol. The first kappa shape index (κ1) is 22.0. The van der Waals surface area contributed by atoms with Crippen molar-refractivity contribution in [2.45, 2.75) is 25.2 Å². The lowest BCUT2D eigenvalue weighted by atomic mass is 9.85. The lowest BCUT2D eigenvalue weighted by molar-refractivity contribution is 0.187. The molecule has 7 nitrogen and oxygen atoms in total. The predicted octanol–water partition coefficient (Wildman–Crippen LogP) is 6.02. The zero-order chi connectivity index (χ0) is 23.7. The van der Waals surface area contributed by atoms with Gasteiger partial charge in [0.05, 0.1) is 30.6 Å². The van der Waals surface area contributed by atoms with Gasteiger partial charge in [0.25, 0.3) is 0 Å². The zero-order valence-electron chi connectivity index (χ0n) is 18.6. The van der Waals surface area contributed by atoms with Crippen LogP contribution in [0.25, 0.3) is 22.4 Å². The highest BCUT2D eigenvalue weighted by molar-refractivity contribution is 6.31. The van der Waals surface area contributed by atoms with E-state index in [1.807, 2.05) is 48.8 Å². The Hall–Kier alpha value is -3.84. The molecule has 172 valence electrons. The number of aryl methyl sites for hydroxylation is 1. The van der Waals surface area contributed by atoms with Gasteiger partial charge in [0.2, 0.25) is 0 Å². The number of aromatic amines is 1. The van der Waals surface area contributed by atoms with Crippen molar-refractivity contribution >= 4 is 29.1 Å². The summed E-state index contributed by atoms with van der Waals surface area (Å²) >= 11 is 6.19. The number of carbonyl (C=O) groups excluding carboxylic acids is 1. The van der Waals surface area contributed by atoms with Gasteiger partial charge in [0, 0.05) is 33.7 Å². The van der Waals surface area contributed by atoms with Gasteiger partial charge in [-0.2, -0.15) is 0 Å². The van der Waals surface area contributed by atoms with Gasteiger partial charge in [-0.05, 0) is 66.8 Å². The predicted molar refractivity (Wildman–Crippen MR) is 134 cm³/mol. The molecule has 34 heavy (non-hydrogen) atoms. The average molecular weight is 474 g/mol. The number of hydrogen-bond donors (Lipinski definition) is 3. The van der Waals surface area contributed by atoms with Crippen molar-refractivity contribution in [1.82, 2.24) is 15.0 Å². The zero-order valence-corrected chi connectivity index (χ0v) is 19.4. The van der Waals surface area contributed by atoms with Crippen molar-refractivity contribution in [2.24, 2.45) is 0 Å². The molecule has 1 unspecified atom stereocenters. The third-order valence-corrected chi connectivity index (χ3v) is 6.39. The Morgan fingerprint density at radius 1 is 1.12 bits per heavy atom. The van der Waals surface area contributed by atoms with E-state index in [4.69, 9.17) is 22.3 Å². The molecule has 1 aliphatic carbocycles. The molecule has 0 spiro atoms. The number of halogens is 1. The third-order valence-electron chi connectivity index (χ3n) is 6.15. The molecule has 5 rings (SSSR count). The average Bonchev–Trinajstić information content (AvgIpc) is 3.35. The van der Waals surface area contributed by atoms with Crippen LogP contribution in [0.15, 0.2) is 60.9 Å². The summed E-state index contributed by atoms with van der Waals surface area (Å²) in [6, 6.07) is 15.2. The van der Waals surface area contributed by atoms with E-state index in [1.54, 1.807) is 6.07 Å². The molecule has 0 radical (unpaired) electrons. The number of ether oxygens (including phenoxy) is 1. The number of fused-ring (bicyclic) bond motifs is 1. The van der Waals surface area contributed by atoms with E-state index in [0.29, 0.717) is 16.4 Å². The van der Waals surface area contributed by atoms with Crippen molar-refractivity contribution in [3.05, 3.63) is 83.0 Å². The van der Waals surface area contributed by atoms with E-state index >= 15 is 0 Å². The van der Waals surface area contributed by atoms with E-state index < -0.39 is 6.09 Å². The number of nitrogen functional groups attached to an aromatic ring is 1. The summed E-state index contributed by atoms with van der Waals surface area (Å²) in [4.78, 5) is 24.4. The summed E-state index contributed by atoms with van der Waals surface area (Å²) in [7, 11) is 1.33. The number of amides is 1. The second-order valence-corrected chi connectivity index (χ2v) is 8.76. The summed E-state index contributed by atoms with van der Waals surface area (Å²) in [5.41, 5.74) is 13.6. The first-order valence-electron chi connectivity index (χ1n) is 11.1. The van der Waals surface area contributed by atoms with Gasteiger partial charge in [-0.25, -0.2) is 9.78 Å². The monoisotopic (exact) mass is 473 g/mol. The Labute approximate surface area is 202 Å². The largest absolute Gasteiger partial charge is 0.453 e. The maximum atomic E-state index is 11.4. The Kier molecular flexibility index (Phi) is 5.94. The normalized spacial score (nSPS) is 14.9. The standard InChI is InChI=1S/C26H24ClN5O2/c1-34-26(33)31-19-8-5-15(6-9-19)23-14-30-25(32-23)20-4-2-3-16-11-17(13-29-24(16)20)21-12-18(27)7-10-22(21)28/h5-14,20H,2-4,28H2,1H3,(H,30,32)(H,31,33). The Morgan fingerprint density at radius 3 is 2.74 bits per heavy atom. The molecule has 8 heteroatoms. The Bertz CT molecular complexity index is 1350. The van der Waals surface area contributed by atoms with Gasteiger partial charge >= 0.3 is 6.09 Å². The summed E-state index contributed by atoms with van der Waals surface area (Å²) in [6.07, 6.45) is 6.21. The third kappa shape index (κ3) is 4.34. The second kappa shape index (κ2) is 9.19. The molecule has 4 N–H and O–H groups in total. The van der Waals surface area contributed by atoms with E-state index in [1.165, 1.54) is 12.7 Å². The van der Waals surface area contributed by atoms with E-state index in [0.717, 1.165) is 53.2 Å². The van der Waals surface area contributed by atoms with E-state index in [9.17, 15) is 4.79 Å². The molecule has 0 fully saturated rings. The minimum absolute atomic E-state index is 0.100. The highest BCUT2D eigenvalue weighted by Gasteiger charge is 2.26. The van der Waals surface area contributed by atoms with Crippen LogP contribution >= 0.6 is 11.6 Å². The number of anilines is 2. The number of aromatic nitrogens is 3. The fourth-order valence-corrected chi connectivity index (χ4v) is 4.59. The van der Waals surface area contributed by atoms with Crippen LogP contribution in [0.3, 0.4) is 0 Å². The number of imidazole rings is 1. The summed E-state index contributed by atoms with van der Waals surface area (Å²) < 4.78 is 4.63. The maximum Gasteiger partial charge on any atom is 0.411 e. The van der Waals surface area contributed by atoms with Crippen molar-refractivity contribution in [3.8, 4) is 22.4 Å². The van der Waals surface area contributed by atoms with Crippen LogP contribution in [0.5, 0.6) is 0 Å². The Balaban J connectivity index is 1.40. The number of hydrogen-bond acceptors (Lipinski definition) is 5. The van der Waals surface area contributed by atoms with Crippen molar-refractivity contribution in [2.75, 3.05) is 18.2 Å². The second-order valence-electron chi connectivity index (χ2n) is 8.32. The lowest BCUT2D eigenvalue weighted by Crippen LogP contribution is -2.14. The van der Waals surface area contributed by atoms with Gasteiger partial charge in [0.15, 0.2) is 0 Å². The number of nitrogens with one attached hydrogen (secondary N) is 2. The quantitative estimate of drug-likeness (QED) is 0.314. The molecule has 0 saturated heterocycles. The number of methoxy groups -OCH3 is 1. The lowest BCUT2D eigenvalue weighted by Gasteiger charge is -2.23. The smallest absolute Gasteiger partial charge is 0.411 e. The fraction of sp³-hybridized carbons (Fsp3) is 0.192. The molecule has 1 atom stereocenters. The molecule has 4 aromatic rings. The first-order valence-corrected chi connectivity index (χ1v) is 11.4. The van der Waals surface area contributed by atoms with Crippen LogP contribution < -0.4 is 11.1 Å². The molecular formula is C26H24ClN5O2. The topological polar surface area (TPSA) is 106 Å². The van der Waals surface area contributed by atoms with Crippen LogP contribution in [0, 0.1) is 0 Å². The SMILES string of the molecule is COC(=O)Nc1ccc(-c2cnc(C3CCCc4cc(-c5cc(Cl)ccc5N)cnc43)[nH]2)cc1. The summed E-state index contributed by atoms with van der Waals surface area (Å²) in [5, 5.41) is 3.30. The van der Waals surface area contributed by atoms with Crippen LogP contribution in [-0.4, -0.2) is 28.2 Å². The van der Waals surface area contributed by atoms with Crippen molar-refractivity contribution in [1.29, 1.82) is 0 Å². The van der Waals surface area contributed by atoms with Crippen LogP contribution in [0.4, 0.5) is 16.2 Å². The molecule has 0 saturated carbocycles. The highest BCUT2D eigenvalue weighted by atomic mass is 35.5. The van der Waals surface area contributed by atoms with E-state index in [-0.39, 0.29) is 5.92 Å². The van der Waals surface area contributed by atoms with Gasteiger partial charge in [-0.1, -0.05) is 23.7 Å². The molecule has 0 bridgehead atoms. The van der Waals surface area contributed by atoms with Gasteiger partial charge in [-0.15, -0.1) is 0 Å². The first-order chi connectivity index (χ1) is 16.5. The minimum Gasteiger partial charge on any atom is -0.453 e. The van der Waals surface area contributed by atoms with Gasteiger partial charge in [-0.3, -0.25) is 10.3 Å². The molecule has 2 aromatic heterocycles. The number of nitrogens with two attached hydrogens (primary N) is 1. The van der Waals surface area contributed by atoms with Crippen molar-refractivity contribution < 1.29 is 9.53 Å². The molecule has 1 aliphatic rings. The molecule has 1 amide bonds. The molecule has 2 heterocycles. The Morgan fingerprint density at radius 2 is 1.94 bits per heavy atom. The number of H-pyrrole nitrogens is 1. The van der Waals surface area contributed by atoms with Gasteiger partial charge < -0.3 is 15.5 Å².